The fraction of sp³-hybridized carbons (Fsp3) is 0.364. The Kier molecular flexibility index (Phi) is 2.31. The zero-order chi connectivity index (χ0) is 11.1. The molecule has 1 saturated carbocycles. The summed E-state index contributed by atoms with van der Waals surface area (Å²) in [6.45, 7) is 0. The Balaban J connectivity index is 2.33. The molecule has 0 heterocycles. The fourth-order valence-electron chi connectivity index (χ4n) is 1.76. The van der Waals surface area contributed by atoms with Gasteiger partial charge in [-0.15, -0.1) is 0 Å². The van der Waals surface area contributed by atoms with Gasteiger partial charge < -0.3 is 5.73 Å². The van der Waals surface area contributed by atoms with E-state index in [1.54, 1.807) is 0 Å². The molecule has 80 valence electrons. The zero-order valence-electron chi connectivity index (χ0n) is 8.09. The van der Waals surface area contributed by atoms with Gasteiger partial charge in [0.2, 0.25) is 0 Å². The van der Waals surface area contributed by atoms with Crippen molar-refractivity contribution in [3.05, 3.63) is 35.4 Å². The highest BCUT2D eigenvalue weighted by Gasteiger charge is 2.40. The lowest BCUT2D eigenvalue weighted by atomic mass is 9.73. The van der Waals surface area contributed by atoms with Crippen LogP contribution in [0.15, 0.2) is 18.2 Å². The Hall–Kier alpha value is -1.29. The van der Waals surface area contributed by atoms with E-state index in [4.69, 9.17) is 5.73 Å². The van der Waals surface area contributed by atoms with E-state index in [-0.39, 0.29) is 11.3 Å². The van der Waals surface area contributed by atoms with Crippen molar-refractivity contribution in [2.24, 2.45) is 5.73 Å². The standard InChI is InChI=1S/C11H11F2NO/c12-8-4-7(5-9(13)6-8)10(15)11(14)2-1-3-11/h4-6H,1-3,14H2. The smallest absolute Gasteiger partial charge is 0.182 e. The average molecular weight is 211 g/mol. The van der Waals surface area contributed by atoms with E-state index >= 15 is 0 Å². The van der Waals surface area contributed by atoms with Crippen LogP contribution < -0.4 is 5.73 Å². The Morgan fingerprint density at radius 3 is 2.13 bits per heavy atom. The van der Waals surface area contributed by atoms with Crippen LogP contribution in [0.4, 0.5) is 8.78 Å². The van der Waals surface area contributed by atoms with Gasteiger partial charge >= 0.3 is 0 Å². The van der Waals surface area contributed by atoms with Crippen LogP contribution in [0.1, 0.15) is 29.6 Å². The highest BCUT2D eigenvalue weighted by molar-refractivity contribution is 6.03. The maximum absolute atomic E-state index is 12.9. The van der Waals surface area contributed by atoms with Gasteiger partial charge in [0.25, 0.3) is 0 Å². The van der Waals surface area contributed by atoms with Crippen molar-refractivity contribution in [3.8, 4) is 0 Å². The van der Waals surface area contributed by atoms with Gasteiger partial charge in [-0.1, -0.05) is 0 Å². The molecule has 0 atom stereocenters. The molecule has 0 bridgehead atoms. The highest BCUT2D eigenvalue weighted by Crippen LogP contribution is 2.32. The minimum Gasteiger partial charge on any atom is -0.319 e. The van der Waals surface area contributed by atoms with Crippen LogP contribution in [0.3, 0.4) is 0 Å². The predicted octanol–water partition coefficient (Wildman–Crippen LogP) is 2.03. The number of benzene rings is 1. The van der Waals surface area contributed by atoms with E-state index in [1.807, 2.05) is 0 Å². The zero-order valence-corrected chi connectivity index (χ0v) is 8.09. The first-order valence-electron chi connectivity index (χ1n) is 4.81. The second-order valence-corrected chi connectivity index (χ2v) is 4.00. The molecule has 0 radical (unpaired) electrons. The second-order valence-electron chi connectivity index (χ2n) is 4.00. The molecule has 1 fully saturated rings. The molecule has 1 aliphatic rings. The molecule has 4 heteroatoms. The number of halogens is 2. The van der Waals surface area contributed by atoms with Crippen molar-refractivity contribution in [2.45, 2.75) is 24.8 Å². The lowest BCUT2D eigenvalue weighted by molar-refractivity contribution is 0.0800. The molecule has 1 aliphatic carbocycles. The summed E-state index contributed by atoms with van der Waals surface area (Å²) in [7, 11) is 0. The number of Topliss-reactive ketones (excluding diaryl/α,β-unsaturated/α-hetero) is 1. The van der Waals surface area contributed by atoms with Crippen molar-refractivity contribution < 1.29 is 13.6 Å². The number of hydrogen-bond acceptors (Lipinski definition) is 2. The maximum Gasteiger partial charge on any atom is 0.182 e. The third-order valence-electron chi connectivity index (χ3n) is 2.82. The molecule has 0 unspecified atom stereocenters. The van der Waals surface area contributed by atoms with Gasteiger partial charge in [0.05, 0.1) is 5.54 Å². The van der Waals surface area contributed by atoms with Crippen molar-refractivity contribution in [2.75, 3.05) is 0 Å². The summed E-state index contributed by atoms with van der Waals surface area (Å²) in [4.78, 5) is 11.8. The second kappa shape index (κ2) is 3.38. The molecular weight excluding hydrogens is 200 g/mol. The van der Waals surface area contributed by atoms with Crippen LogP contribution in [0, 0.1) is 11.6 Å². The Morgan fingerprint density at radius 1 is 1.20 bits per heavy atom. The van der Waals surface area contributed by atoms with Gasteiger partial charge in [-0.3, -0.25) is 4.79 Å². The van der Waals surface area contributed by atoms with Gasteiger partial charge in [0.1, 0.15) is 11.6 Å². The third kappa shape index (κ3) is 1.77. The molecule has 0 amide bonds. The van der Waals surface area contributed by atoms with Crippen LogP contribution in [0.25, 0.3) is 0 Å². The fourth-order valence-corrected chi connectivity index (χ4v) is 1.76. The van der Waals surface area contributed by atoms with E-state index in [9.17, 15) is 13.6 Å². The number of carbonyl (C=O) groups excluding carboxylic acids is 1. The summed E-state index contributed by atoms with van der Waals surface area (Å²) in [5.41, 5.74) is 4.90. The first-order chi connectivity index (χ1) is 7.01. The molecule has 1 aromatic rings. The molecule has 2 nitrogen and oxygen atoms in total. The molecule has 0 saturated heterocycles. The normalized spacial score (nSPS) is 18.3. The molecule has 2 rings (SSSR count). The number of hydrogen-bond donors (Lipinski definition) is 1. The predicted molar refractivity (Wildman–Crippen MR) is 51.5 cm³/mol. The highest BCUT2D eigenvalue weighted by atomic mass is 19.1. The summed E-state index contributed by atoms with van der Waals surface area (Å²) in [6, 6.07) is 2.79. The number of ketones is 1. The topological polar surface area (TPSA) is 43.1 Å². The van der Waals surface area contributed by atoms with Gasteiger partial charge in [0.15, 0.2) is 5.78 Å². The van der Waals surface area contributed by atoms with Crippen LogP contribution in [0.2, 0.25) is 0 Å². The Bertz CT molecular complexity index is 393. The van der Waals surface area contributed by atoms with E-state index < -0.39 is 17.2 Å². The number of nitrogens with two attached hydrogens (primary N) is 1. The number of carbonyl (C=O) groups is 1. The van der Waals surface area contributed by atoms with Crippen LogP contribution >= 0.6 is 0 Å². The summed E-state index contributed by atoms with van der Waals surface area (Å²) >= 11 is 0. The SMILES string of the molecule is NC1(C(=O)c2cc(F)cc(F)c2)CCC1. The van der Waals surface area contributed by atoms with Crippen molar-refractivity contribution in [3.63, 3.8) is 0 Å². The average Bonchev–Trinajstić information content (AvgIpc) is 2.11. The molecule has 15 heavy (non-hydrogen) atoms. The monoisotopic (exact) mass is 211 g/mol. The van der Waals surface area contributed by atoms with Gasteiger partial charge in [-0.25, -0.2) is 8.78 Å². The molecule has 0 spiro atoms. The van der Waals surface area contributed by atoms with Crippen LogP contribution in [-0.2, 0) is 0 Å². The minimum absolute atomic E-state index is 0.0229. The Morgan fingerprint density at radius 2 is 1.73 bits per heavy atom. The van der Waals surface area contributed by atoms with Gasteiger partial charge in [-0.05, 0) is 31.4 Å². The van der Waals surface area contributed by atoms with Gasteiger partial charge in [-0.2, -0.15) is 0 Å². The largest absolute Gasteiger partial charge is 0.319 e. The third-order valence-corrected chi connectivity index (χ3v) is 2.82. The van der Waals surface area contributed by atoms with E-state index in [0.717, 1.165) is 24.6 Å². The lowest BCUT2D eigenvalue weighted by Gasteiger charge is -2.36. The molecule has 2 N–H and O–H groups in total. The van der Waals surface area contributed by atoms with Crippen molar-refractivity contribution in [1.29, 1.82) is 0 Å². The van der Waals surface area contributed by atoms with Crippen LogP contribution in [-0.4, -0.2) is 11.3 Å². The summed E-state index contributed by atoms with van der Waals surface area (Å²) in [5, 5.41) is 0. The summed E-state index contributed by atoms with van der Waals surface area (Å²) in [6.07, 6.45) is 2.06. The number of rotatable bonds is 2. The first kappa shape index (κ1) is 10.2. The molecule has 0 aromatic heterocycles. The maximum atomic E-state index is 12.9. The molecular formula is C11H11F2NO. The lowest BCUT2D eigenvalue weighted by Crippen LogP contribution is -2.53. The van der Waals surface area contributed by atoms with Gasteiger partial charge in [0, 0.05) is 11.6 Å². The van der Waals surface area contributed by atoms with E-state index in [0.29, 0.717) is 12.8 Å². The Labute approximate surface area is 86.1 Å². The molecule has 1 aromatic carbocycles. The summed E-state index contributed by atoms with van der Waals surface area (Å²) < 4.78 is 25.7. The van der Waals surface area contributed by atoms with E-state index in [1.165, 1.54) is 0 Å². The minimum atomic E-state index is -0.903. The molecule has 0 aliphatic heterocycles. The van der Waals surface area contributed by atoms with Crippen molar-refractivity contribution in [1.82, 2.24) is 0 Å². The van der Waals surface area contributed by atoms with Crippen LogP contribution in [0.5, 0.6) is 0 Å². The van der Waals surface area contributed by atoms with Crippen molar-refractivity contribution >= 4 is 5.78 Å². The first-order valence-corrected chi connectivity index (χ1v) is 4.81. The van der Waals surface area contributed by atoms with E-state index in [2.05, 4.69) is 0 Å². The quantitative estimate of drug-likeness (QED) is 0.760. The summed E-state index contributed by atoms with van der Waals surface area (Å²) in [5.74, 6) is -1.87.